The van der Waals surface area contributed by atoms with Crippen LogP contribution in [0.25, 0.3) is 0 Å². The highest BCUT2D eigenvalue weighted by atomic mass is 17.3. The predicted octanol–water partition coefficient (Wildman–Crippen LogP) is 2.87. The van der Waals surface area contributed by atoms with Crippen molar-refractivity contribution in [2.45, 2.75) is 64.1 Å². The Labute approximate surface area is 114 Å². The van der Waals surface area contributed by atoms with E-state index >= 15 is 0 Å². The third-order valence-corrected chi connectivity index (χ3v) is 5.97. The Hall–Kier alpha value is -0.160. The van der Waals surface area contributed by atoms with Gasteiger partial charge in [-0.05, 0) is 43.9 Å². The van der Waals surface area contributed by atoms with Crippen molar-refractivity contribution in [3.8, 4) is 0 Å². The summed E-state index contributed by atoms with van der Waals surface area (Å²) < 4.78 is 12.2. The normalized spacial score (nSPS) is 60.5. The van der Waals surface area contributed by atoms with Crippen molar-refractivity contribution in [3.63, 3.8) is 0 Å². The Morgan fingerprint density at radius 2 is 1.74 bits per heavy atom. The van der Waals surface area contributed by atoms with E-state index in [2.05, 4.69) is 13.8 Å². The molecule has 1 aliphatic carbocycles. The fourth-order valence-electron chi connectivity index (χ4n) is 4.88. The molecule has 2 bridgehead atoms. The quantitative estimate of drug-likeness (QED) is 0.633. The number of fused-ring (bicyclic) bond motifs is 2. The molecule has 0 N–H and O–H groups in total. The first-order valence-corrected chi connectivity index (χ1v) is 7.71. The molecule has 0 aromatic rings. The smallest absolute Gasteiger partial charge is 0.201 e. The summed E-state index contributed by atoms with van der Waals surface area (Å²) in [6, 6.07) is 0. The van der Waals surface area contributed by atoms with Crippen LogP contribution < -0.4 is 0 Å². The SMILES string of the molecule is CC1CCC2C(C)COC3O[C@@]4(C)CCC1[C@]32OO4. The maximum absolute atomic E-state index is 6.16. The van der Waals surface area contributed by atoms with E-state index in [0.29, 0.717) is 23.7 Å². The predicted molar refractivity (Wildman–Crippen MR) is 67.9 cm³/mol. The number of rotatable bonds is 0. The van der Waals surface area contributed by atoms with E-state index in [0.717, 1.165) is 19.4 Å². The van der Waals surface area contributed by atoms with Gasteiger partial charge in [-0.2, -0.15) is 0 Å². The molecule has 0 aromatic carbocycles. The van der Waals surface area contributed by atoms with Crippen molar-refractivity contribution < 1.29 is 19.2 Å². The summed E-state index contributed by atoms with van der Waals surface area (Å²) in [6.45, 7) is 7.36. The van der Waals surface area contributed by atoms with E-state index in [1.807, 2.05) is 6.92 Å². The van der Waals surface area contributed by atoms with Gasteiger partial charge in [0.1, 0.15) is 0 Å². The zero-order chi connectivity index (χ0) is 13.3. The molecule has 0 aromatic heterocycles. The standard InChI is InChI=1S/C15H24O4/c1-9-4-5-11-10(2)8-16-13-15(11)12(9)6-7-14(3,17-13)18-19-15/h9-13H,4-8H2,1-3H3/t9?,10?,11?,12?,13?,14-,15+/m1/s1. The average molecular weight is 268 g/mol. The van der Waals surface area contributed by atoms with Gasteiger partial charge in [-0.1, -0.05) is 13.8 Å². The molecule has 5 fully saturated rings. The molecule has 4 heteroatoms. The van der Waals surface area contributed by atoms with Gasteiger partial charge >= 0.3 is 0 Å². The maximum atomic E-state index is 6.16. The van der Waals surface area contributed by atoms with Crippen molar-refractivity contribution in [3.05, 3.63) is 0 Å². The van der Waals surface area contributed by atoms with Crippen LogP contribution in [0.2, 0.25) is 0 Å². The highest BCUT2D eigenvalue weighted by molar-refractivity contribution is 5.08. The summed E-state index contributed by atoms with van der Waals surface area (Å²) in [5.74, 6) is 1.53. The van der Waals surface area contributed by atoms with Crippen molar-refractivity contribution in [2.75, 3.05) is 6.61 Å². The zero-order valence-electron chi connectivity index (χ0n) is 12.1. The van der Waals surface area contributed by atoms with E-state index in [4.69, 9.17) is 19.2 Å². The van der Waals surface area contributed by atoms with Crippen LogP contribution in [0.15, 0.2) is 0 Å². The highest BCUT2D eigenvalue weighted by Gasteiger charge is 2.67. The van der Waals surface area contributed by atoms with Crippen LogP contribution in [0.4, 0.5) is 0 Å². The van der Waals surface area contributed by atoms with Gasteiger partial charge in [0.25, 0.3) is 0 Å². The lowest BCUT2D eigenvalue weighted by molar-refractivity contribution is -0.566. The molecule has 5 rings (SSSR count). The molecule has 19 heavy (non-hydrogen) atoms. The molecular weight excluding hydrogens is 244 g/mol. The Bertz CT molecular complexity index is 386. The summed E-state index contributed by atoms with van der Waals surface area (Å²) in [7, 11) is 0. The first-order chi connectivity index (χ1) is 9.05. The van der Waals surface area contributed by atoms with Gasteiger partial charge in [0, 0.05) is 12.3 Å². The number of hydrogen-bond acceptors (Lipinski definition) is 4. The van der Waals surface area contributed by atoms with E-state index in [-0.39, 0.29) is 11.9 Å². The molecule has 1 saturated carbocycles. The first kappa shape index (κ1) is 12.6. The third kappa shape index (κ3) is 1.54. The summed E-state index contributed by atoms with van der Waals surface area (Å²) in [5, 5.41) is 0. The van der Waals surface area contributed by atoms with Crippen molar-refractivity contribution in [2.24, 2.45) is 23.7 Å². The van der Waals surface area contributed by atoms with Crippen LogP contribution in [-0.4, -0.2) is 24.3 Å². The summed E-state index contributed by atoms with van der Waals surface area (Å²) in [6.07, 6.45) is 4.24. The van der Waals surface area contributed by atoms with Gasteiger partial charge in [-0.25, -0.2) is 9.78 Å². The number of hydrogen-bond donors (Lipinski definition) is 0. The van der Waals surface area contributed by atoms with Crippen LogP contribution in [0.1, 0.15) is 46.5 Å². The van der Waals surface area contributed by atoms with Crippen LogP contribution >= 0.6 is 0 Å². The fourth-order valence-corrected chi connectivity index (χ4v) is 4.88. The van der Waals surface area contributed by atoms with E-state index < -0.39 is 5.79 Å². The Morgan fingerprint density at radius 3 is 2.58 bits per heavy atom. The zero-order valence-corrected chi connectivity index (χ0v) is 12.1. The topological polar surface area (TPSA) is 36.9 Å². The molecule has 5 unspecified atom stereocenters. The summed E-state index contributed by atoms with van der Waals surface area (Å²) >= 11 is 0. The molecule has 4 saturated heterocycles. The summed E-state index contributed by atoms with van der Waals surface area (Å²) in [4.78, 5) is 11.7. The van der Waals surface area contributed by atoms with Gasteiger partial charge in [0.15, 0.2) is 11.9 Å². The molecule has 4 heterocycles. The molecule has 4 aliphatic heterocycles. The molecular formula is C15H24O4. The van der Waals surface area contributed by atoms with Crippen LogP contribution in [-0.2, 0) is 19.2 Å². The van der Waals surface area contributed by atoms with Gasteiger partial charge in [0.05, 0.1) is 6.61 Å². The van der Waals surface area contributed by atoms with Crippen LogP contribution in [0.5, 0.6) is 0 Å². The number of ether oxygens (including phenoxy) is 2. The second kappa shape index (κ2) is 3.94. The van der Waals surface area contributed by atoms with E-state index in [1.54, 1.807) is 0 Å². The van der Waals surface area contributed by atoms with Crippen molar-refractivity contribution in [1.82, 2.24) is 0 Å². The van der Waals surface area contributed by atoms with Gasteiger partial charge < -0.3 is 9.47 Å². The maximum Gasteiger partial charge on any atom is 0.201 e. The molecule has 0 amide bonds. The average Bonchev–Trinajstić information content (AvgIpc) is 2.61. The highest BCUT2D eigenvalue weighted by Crippen LogP contribution is 2.59. The molecule has 4 nitrogen and oxygen atoms in total. The molecule has 0 radical (unpaired) electrons. The molecule has 7 atom stereocenters. The van der Waals surface area contributed by atoms with Crippen molar-refractivity contribution >= 4 is 0 Å². The Balaban J connectivity index is 1.81. The lowest BCUT2D eigenvalue weighted by atomic mass is 9.58. The van der Waals surface area contributed by atoms with Crippen molar-refractivity contribution in [1.29, 1.82) is 0 Å². The van der Waals surface area contributed by atoms with E-state index in [9.17, 15) is 0 Å². The van der Waals surface area contributed by atoms with E-state index in [1.165, 1.54) is 12.8 Å². The van der Waals surface area contributed by atoms with Crippen LogP contribution in [0.3, 0.4) is 0 Å². The second-order valence-corrected chi connectivity index (χ2v) is 7.22. The Kier molecular flexibility index (Phi) is 2.61. The van der Waals surface area contributed by atoms with Crippen LogP contribution in [0, 0.1) is 23.7 Å². The lowest BCUT2D eigenvalue weighted by Gasteiger charge is -2.58. The minimum atomic E-state index is -0.627. The minimum Gasteiger partial charge on any atom is -0.349 e. The third-order valence-electron chi connectivity index (χ3n) is 5.97. The fraction of sp³-hybridized carbons (Fsp3) is 1.00. The minimum absolute atomic E-state index is 0.248. The molecule has 5 aliphatic rings. The molecule has 1 spiro atoms. The second-order valence-electron chi connectivity index (χ2n) is 7.22. The monoisotopic (exact) mass is 268 g/mol. The summed E-state index contributed by atoms with van der Waals surface area (Å²) in [5.41, 5.74) is -0.370. The largest absolute Gasteiger partial charge is 0.349 e. The van der Waals surface area contributed by atoms with Gasteiger partial charge in [-0.15, -0.1) is 0 Å². The first-order valence-electron chi connectivity index (χ1n) is 7.71. The van der Waals surface area contributed by atoms with Gasteiger partial charge in [-0.3, -0.25) is 0 Å². The Morgan fingerprint density at radius 1 is 0.947 bits per heavy atom. The van der Waals surface area contributed by atoms with Gasteiger partial charge in [0.2, 0.25) is 5.79 Å². The molecule has 108 valence electrons. The lowest BCUT2D eigenvalue weighted by Crippen LogP contribution is -2.68.